The average molecular weight is 241 g/mol. The number of hydrogen-bond acceptors (Lipinski definition) is 3. The van der Waals surface area contributed by atoms with E-state index in [4.69, 9.17) is 4.99 Å². The lowest BCUT2D eigenvalue weighted by molar-refractivity contribution is 0.382. The van der Waals surface area contributed by atoms with Crippen LogP contribution < -0.4 is 5.32 Å². The van der Waals surface area contributed by atoms with Crippen molar-refractivity contribution in [3.8, 4) is 0 Å². The van der Waals surface area contributed by atoms with E-state index in [0.29, 0.717) is 11.6 Å². The molecule has 1 saturated heterocycles. The van der Waals surface area contributed by atoms with Gasteiger partial charge in [0.15, 0.2) is 5.17 Å². The molecule has 1 aliphatic carbocycles. The first-order valence-corrected chi connectivity index (χ1v) is 7.22. The molecule has 2 rings (SSSR count). The number of nitrogens with zero attached hydrogens (tertiary/aromatic N) is 2. The molecule has 92 valence electrons. The highest BCUT2D eigenvalue weighted by atomic mass is 32.2. The average Bonchev–Trinajstić information content (AvgIpc) is 2.76. The Hall–Kier alpha value is -0.220. The maximum atomic E-state index is 4.76. The van der Waals surface area contributed by atoms with Gasteiger partial charge in [0.2, 0.25) is 0 Å². The zero-order valence-corrected chi connectivity index (χ0v) is 11.4. The van der Waals surface area contributed by atoms with Gasteiger partial charge in [-0.3, -0.25) is 4.99 Å². The minimum atomic E-state index is 0.390. The molecular weight excluding hydrogens is 218 g/mol. The van der Waals surface area contributed by atoms with Crippen LogP contribution in [0.2, 0.25) is 0 Å². The third-order valence-electron chi connectivity index (χ3n) is 3.38. The summed E-state index contributed by atoms with van der Waals surface area (Å²) in [5.41, 5.74) is 0.404. The highest BCUT2D eigenvalue weighted by molar-refractivity contribution is 8.14. The number of hydrogen-bond donors (Lipinski definition) is 1. The predicted octanol–water partition coefficient (Wildman–Crippen LogP) is 1.94. The number of nitrogens with one attached hydrogen (secondary N) is 1. The Morgan fingerprint density at radius 3 is 2.75 bits per heavy atom. The van der Waals surface area contributed by atoms with Crippen molar-refractivity contribution in [1.82, 2.24) is 10.2 Å². The van der Waals surface area contributed by atoms with Crippen molar-refractivity contribution in [3.05, 3.63) is 0 Å². The van der Waals surface area contributed by atoms with Gasteiger partial charge in [-0.1, -0.05) is 24.6 Å². The quantitative estimate of drug-likeness (QED) is 0.818. The molecule has 0 amide bonds. The Labute approximate surface area is 103 Å². The lowest BCUT2D eigenvalue weighted by atomic mass is 10.0. The van der Waals surface area contributed by atoms with Gasteiger partial charge >= 0.3 is 0 Å². The van der Waals surface area contributed by atoms with Gasteiger partial charge in [-0.05, 0) is 33.9 Å². The van der Waals surface area contributed by atoms with Gasteiger partial charge in [-0.2, -0.15) is 0 Å². The van der Waals surface area contributed by atoms with Crippen LogP contribution in [-0.4, -0.2) is 48.0 Å². The molecule has 1 heterocycles. The van der Waals surface area contributed by atoms with Crippen molar-refractivity contribution in [1.29, 1.82) is 0 Å². The van der Waals surface area contributed by atoms with E-state index in [-0.39, 0.29) is 0 Å². The van der Waals surface area contributed by atoms with E-state index < -0.39 is 0 Å². The van der Waals surface area contributed by atoms with Gasteiger partial charge in [-0.15, -0.1) is 0 Å². The maximum absolute atomic E-state index is 4.76. The molecule has 0 bridgehead atoms. The van der Waals surface area contributed by atoms with Crippen LogP contribution in [0.5, 0.6) is 0 Å². The van der Waals surface area contributed by atoms with Crippen LogP contribution in [-0.2, 0) is 0 Å². The van der Waals surface area contributed by atoms with Crippen molar-refractivity contribution >= 4 is 16.9 Å². The molecule has 0 radical (unpaired) electrons. The molecule has 16 heavy (non-hydrogen) atoms. The van der Waals surface area contributed by atoms with Gasteiger partial charge in [0.05, 0.1) is 6.04 Å². The summed E-state index contributed by atoms with van der Waals surface area (Å²) in [4.78, 5) is 6.96. The second-order valence-electron chi connectivity index (χ2n) is 5.45. The largest absolute Gasteiger partial charge is 0.359 e. The lowest BCUT2D eigenvalue weighted by Crippen LogP contribution is -2.41. The second-order valence-corrected chi connectivity index (χ2v) is 6.41. The third-order valence-corrected chi connectivity index (χ3v) is 4.56. The summed E-state index contributed by atoms with van der Waals surface area (Å²) in [5.74, 6) is 1.22. The molecule has 1 unspecified atom stereocenters. The van der Waals surface area contributed by atoms with Gasteiger partial charge in [-0.25, -0.2) is 0 Å². The Bertz CT molecular complexity index is 269. The topological polar surface area (TPSA) is 27.6 Å². The molecule has 4 heteroatoms. The Balaban J connectivity index is 1.89. The van der Waals surface area contributed by atoms with Crippen molar-refractivity contribution < 1.29 is 0 Å². The summed E-state index contributed by atoms with van der Waals surface area (Å²) in [6, 6.07) is 0.390. The fourth-order valence-corrected chi connectivity index (χ4v) is 3.98. The Kier molecular flexibility index (Phi) is 3.80. The predicted molar refractivity (Wildman–Crippen MR) is 72.2 cm³/mol. The second kappa shape index (κ2) is 4.96. The van der Waals surface area contributed by atoms with Crippen LogP contribution in [0, 0.1) is 0 Å². The zero-order chi connectivity index (χ0) is 11.6. The molecule has 1 N–H and O–H groups in total. The van der Waals surface area contributed by atoms with Gasteiger partial charge in [0.25, 0.3) is 0 Å². The fourth-order valence-electron chi connectivity index (χ4n) is 2.67. The van der Waals surface area contributed by atoms with Crippen molar-refractivity contribution in [2.24, 2.45) is 4.99 Å². The van der Waals surface area contributed by atoms with Gasteiger partial charge < -0.3 is 10.2 Å². The van der Waals surface area contributed by atoms with Crippen LogP contribution in [0.1, 0.15) is 32.6 Å². The molecule has 1 aliphatic heterocycles. The SMILES string of the molecule is CC(CN(C)C)N=C1NC2(CCCC2)CS1. The summed E-state index contributed by atoms with van der Waals surface area (Å²) >= 11 is 1.91. The lowest BCUT2D eigenvalue weighted by Gasteiger charge is -2.22. The van der Waals surface area contributed by atoms with Crippen LogP contribution in [0.3, 0.4) is 0 Å². The van der Waals surface area contributed by atoms with Crippen LogP contribution >= 0.6 is 11.8 Å². The van der Waals surface area contributed by atoms with Crippen LogP contribution in [0.25, 0.3) is 0 Å². The molecule has 1 atom stereocenters. The van der Waals surface area contributed by atoms with Crippen LogP contribution in [0.15, 0.2) is 4.99 Å². The van der Waals surface area contributed by atoms with E-state index in [2.05, 4.69) is 31.2 Å². The molecule has 0 aromatic heterocycles. The van der Waals surface area contributed by atoms with Crippen molar-refractivity contribution in [3.63, 3.8) is 0 Å². The smallest absolute Gasteiger partial charge is 0.157 e. The number of likely N-dealkylation sites (N-methyl/N-ethyl adjacent to an activating group) is 1. The molecule has 0 aromatic carbocycles. The first kappa shape index (κ1) is 12.2. The normalized spacial score (nSPS) is 27.9. The van der Waals surface area contributed by atoms with Crippen molar-refractivity contribution in [2.45, 2.75) is 44.2 Å². The first-order valence-electron chi connectivity index (χ1n) is 6.23. The summed E-state index contributed by atoms with van der Waals surface area (Å²) in [6.07, 6.45) is 5.43. The maximum Gasteiger partial charge on any atom is 0.157 e. The van der Waals surface area contributed by atoms with E-state index in [1.54, 1.807) is 0 Å². The zero-order valence-electron chi connectivity index (χ0n) is 10.6. The number of aliphatic imine (C=N–C) groups is 1. The molecule has 3 nitrogen and oxygen atoms in total. The third kappa shape index (κ3) is 2.92. The summed E-state index contributed by atoms with van der Waals surface area (Å²) in [5, 5.41) is 4.84. The Morgan fingerprint density at radius 2 is 2.12 bits per heavy atom. The van der Waals surface area contributed by atoms with E-state index >= 15 is 0 Å². The van der Waals surface area contributed by atoms with E-state index in [0.717, 1.165) is 6.54 Å². The van der Waals surface area contributed by atoms with E-state index in [9.17, 15) is 0 Å². The summed E-state index contributed by atoms with van der Waals surface area (Å²) in [7, 11) is 4.20. The first-order chi connectivity index (χ1) is 7.60. The number of thioether (sulfide) groups is 1. The number of rotatable bonds is 3. The number of amidine groups is 1. The van der Waals surface area contributed by atoms with Gasteiger partial charge in [0, 0.05) is 17.8 Å². The fraction of sp³-hybridized carbons (Fsp3) is 0.917. The monoisotopic (exact) mass is 241 g/mol. The highest BCUT2D eigenvalue weighted by Gasteiger charge is 2.39. The molecule has 1 spiro atoms. The standard InChI is InChI=1S/C12H23N3S/c1-10(8-15(2)3)13-11-14-12(9-16-11)6-4-5-7-12/h10H,4-9H2,1-3H3,(H,13,14). The minimum absolute atomic E-state index is 0.390. The molecule has 2 fully saturated rings. The highest BCUT2D eigenvalue weighted by Crippen LogP contribution is 2.37. The minimum Gasteiger partial charge on any atom is -0.359 e. The van der Waals surface area contributed by atoms with Crippen molar-refractivity contribution in [2.75, 3.05) is 26.4 Å². The summed E-state index contributed by atoms with van der Waals surface area (Å²) in [6.45, 7) is 3.22. The van der Waals surface area contributed by atoms with E-state index in [1.807, 2.05) is 11.8 Å². The molecule has 2 aliphatic rings. The van der Waals surface area contributed by atoms with Gasteiger partial charge in [0.1, 0.15) is 0 Å². The summed E-state index contributed by atoms with van der Waals surface area (Å²) < 4.78 is 0. The molecule has 1 saturated carbocycles. The van der Waals surface area contributed by atoms with Crippen LogP contribution in [0.4, 0.5) is 0 Å². The van der Waals surface area contributed by atoms with E-state index in [1.165, 1.54) is 36.6 Å². The molecule has 0 aromatic rings. The Morgan fingerprint density at radius 1 is 1.44 bits per heavy atom. The molecular formula is C12H23N3S.